The first-order valence-electron chi connectivity index (χ1n) is 53.3. The van der Waals surface area contributed by atoms with Crippen molar-refractivity contribution in [2.75, 3.05) is 0 Å². The van der Waals surface area contributed by atoms with Crippen molar-refractivity contribution in [1.29, 1.82) is 0 Å². The van der Waals surface area contributed by atoms with E-state index in [1.165, 1.54) is 250 Å². The van der Waals surface area contributed by atoms with Crippen LogP contribution in [0.3, 0.4) is 0 Å². The second-order valence-electron chi connectivity index (χ2n) is 45.7. The van der Waals surface area contributed by atoms with Gasteiger partial charge in [-0.15, -0.1) is 0 Å². The molecule has 0 atom stereocenters. The molecular weight excluding hydrogens is 1750 g/mol. The molecule has 0 N–H and O–H groups in total. The fourth-order valence-electron chi connectivity index (χ4n) is 22.9. The Balaban J connectivity index is 1.12. The molecule has 0 aromatic heterocycles. The maximum atomic E-state index is 3.80. The first-order chi connectivity index (χ1) is 66.6. The van der Waals surface area contributed by atoms with Crippen LogP contribution >= 0.6 is 0 Å². The normalized spacial score (nSPS) is 12.2. The molecule has 0 amide bonds. The average molecular weight is 1910 g/mol. The summed E-state index contributed by atoms with van der Waals surface area (Å²) in [4.78, 5) is 0. The van der Waals surface area contributed by atoms with Crippen LogP contribution in [0.25, 0.3) is 156 Å². The average Bonchev–Trinajstić information content (AvgIpc) is 0.723. The van der Waals surface area contributed by atoms with Crippen molar-refractivity contribution in [3.05, 3.63) is 368 Å². The Morgan fingerprint density at radius 2 is 0.221 bits per heavy atom. The number of rotatable bonds is 31. The van der Waals surface area contributed by atoms with Gasteiger partial charge in [0.1, 0.15) is 0 Å². The fraction of sp³-hybridized carbons (Fsp3) is 0.353. The van der Waals surface area contributed by atoms with E-state index in [1.54, 1.807) is 0 Å². The zero-order chi connectivity index (χ0) is 101. The number of hydrogen-bond donors (Lipinski definition) is 0. The fourth-order valence-corrected chi connectivity index (χ4v) is 23.6. The Kier molecular flexibility index (Phi) is 31.9. The summed E-state index contributed by atoms with van der Waals surface area (Å²) >= 11 is 3.80. The molecule has 0 aliphatic rings. The molecule has 140 heavy (non-hydrogen) atoms. The molecule has 0 nitrogen and oxygen atoms in total. The summed E-state index contributed by atoms with van der Waals surface area (Å²) in [5.74, 6) is 4.44. The predicted molar refractivity (Wildman–Crippen MR) is 617 cm³/mol. The third kappa shape index (κ3) is 21.1. The summed E-state index contributed by atoms with van der Waals surface area (Å²) in [6.07, 6.45) is 0. The molecule has 15 rings (SSSR count). The van der Waals surface area contributed by atoms with Crippen LogP contribution < -0.4 is 0 Å². The van der Waals surface area contributed by atoms with E-state index in [9.17, 15) is 0 Å². The molecule has 0 aliphatic carbocycles. The van der Waals surface area contributed by atoms with Gasteiger partial charge in [-0.25, -0.2) is 0 Å². The van der Waals surface area contributed by atoms with Crippen molar-refractivity contribution in [1.82, 2.24) is 0 Å². The van der Waals surface area contributed by atoms with Gasteiger partial charge in [-0.3, -0.25) is 0 Å². The van der Waals surface area contributed by atoms with Gasteiger partial charge < -0.3 is 0 Å². The summed E-state index contributed by atoms with van der Waals surface area (Å²) in [7, 11) is 0. The first kappa shape index (κ1) is 103. The summed E-state index contributed by atoms with van der Waals surface area (Å²) in [6.45, 7) is 76.4. The topological polar surface area (TPSA) is 0 Å². The zero-order valence-electron chi connectivity index (χ0n) is 90.8. The van der Waals surface area contributed by atoms with E-state index in [4.69, 9.17) is 0 Å². The van der Waals surface area contributed by atoms with Crippen LogP contribution in [0, 0.1) is 0 Å². The van der Waals surface area contributed by atoms with Crippen molar-refractivity contribution < 1.29 is 0 Å². The third-order valence-electron chi connectivity index (χ3n) is 30.2. The SMILES string of the molecule is CC(C)c1cccc(C(C)C)c1-c1cc(-c2cc(-c3cc(-c4c(C(C)C)cccc4C(C)C)cc(-c4c(C(C)C)cccc4C(C)C)c3)cc(-c3cccc(-c4cc(-c5cc(-c6c(C(C)C)cccc6C(C)C)cc(-c6c(C(C)C)cccc6C(C)C)c5)cc(-c5cc(-c6c(C(C)C)cccc6C(C)C)cc(-c6c(C(C)C)cccc6C(C)C)c5)c4)c3C[Se])c2)cc(-c2c(C(C)C)cccc2C(C)C)c1. The summed E-state index contributed by atoms with van der Waals surface area (Å²) in [5, 5.41) is 0.646. The molecule has 1 heteroatoms. The van der Waals surface area contributed by atoms with Gasteiger partial charge in [-0.1, -0.05) is 270 Å². The van der Waals surface area contributed by atoms with Gasteiger partial charge in [-0.05, 0) is 0 Å². The molecule has 1 radical (unpaired) electrons. The van der Waals surface area contributed by atoms with Crippen LogP contribution in [0.4, 0.5) is 0 Å². The Morgan fingerprint density at radius 3 is 0.329 bits per heavy atom. The van der Waals surface area contributed by atoms with Gasteiger partial charge in [0.25, 0.3) is 0 Å². The van der Waals surface area contributed by atoms with Gasteiger partial charge in [0.15, 0.2) is 0 Å². The molecule has 0 bridgehead atoms. The van der Waals surface area contributed by atoms with Crippen LogP contribution in [-0.4, -0.2) is 16.0 Å². The molecule has 0 spiro atoms. The molecular formula is C139H159Se. The zero-order valence-corrected chi connectivity index (χ0v) is 92.5. The van der Waals surface area contributed by atoms with Crippen LogP contribution in [0.2, 0.25) is 0 Å². The van der Waals surface area contributed by atoms with Crippen LogP contribution in [0.5, 0.6) is 0 Å². The maximum absolute atomic E-state index is 3.80. The summed E-state index contributed by atoms with van der Waals surface area (Å²) in [6, 6.07) is 111. The first-order valence-corrected chi connectivity index (χ1v) is 54.5. The van der Waals surface area contributed by atoms with Gasteiger partial charge in [0.05, 0.1) is 0 Å². The van der Waals surface area contributed by atoms with Crippen LogP contribution in [0.15, 0.2) is 273 Å². The molecule has 0 fully saturated rings. The minimum atomic E-state index is 0.277. The molecule has 15 aromatic carbocycles. The van der Waals surface area contributed by atoms with E-state index in [0.29, 0.717) is 5.32 Å². The van der Waals surface area contributed by atoms with E-state index in [-0.39, 0.29) is 94.7 Å². The van der Waals surface area contributed by atoms with Crippen molar-refractivity contribution in [2.24, 2.45) is 0 Å². The van der Waals surface area contributed by atoms with E-state index >= 15 is 0 Å². The Bertz CT molecular complexity index is 5700. The Hall–Kier alpha value is -11.2. The van der Waals surface area contributed by atoms with Crippen molar-refractivity contribution in [2.45, 2.75) is 322 Å². The van der Waals surface area contributed by atoms with Gasteiger partial charge in [-0.2, -0.15) is 0 Å². The standard InChI is InChI=1S/C139H159Se/c1-79(2)113-42-33-43-114(80(3)4)132(113)105-66-99(67-106(74-105)133-115(81(5)6)44-34-45-116(133)82(7)8)95-60-96(100-68-107(134-117(83(9)10)46-35-47-118(134)84(11)12)75-108(69-100)135-119(85(13)14)48-36-49-120(135)86(15)16)63-103(62-95)129-58-41-59-130(131(129)78-140)104-64-97(101-70-109(136-121(87(17)18)50-37-51-122(136)88(19)20)76-110(71-101)137-123(89(21)22)52-38-53-124(137)90(23)24)61-98(65-104)102-72-111(138-125(91(25)26)54-39-55-126(138)92(27)28)77-112(73-102)139-127(93(29)30)56-40-57-128(139)94(31)32/h33-77,79-94H,78H2,1-32H3. The van der Waals surface area contributed by atoms with Crippen LogP contribution in [0.1, 0.15) is 411 Å². The monoisotopic (exact) mass is 1910 g/mol. The van der Waals surface area contributed by atoms with E-state index < -0.39 is 0 Å². The Labute approximate surface area is 854 Å². The van der Waals surface area contributed by atoms with E-state index in [2.05, 4.69) is 511 Å². The molecule has 0 saturated heterocycles. The second-order valence-corrected chi connectivity index (χ2v) is 46.3. The summed E-state index contributed by atoms with van der Waals surface area (Å²) < 4.78 is 0. The van der Waals surface area contributed by atoms with Gasteiger partial charge >= 0.3 is 591 Å². The molecule has 721 valence electrons. The van der Waals surface area contributed by atoms with Crippen molar-refractivity contribution >= 4 is 16.0 Å². The molecule has 0 aliphatic heterocycles. The Morgan fingerprint density at radius 1 is 0.129 bits per heavy atom. The molecule has 15 aromatic rings. The van der Waals surface area contributed by atoms with Gasteiger partial charge in [0.2, 0.25) is 0 Å². The van der Waals surface area contributed by atoms with E-state index in [1.807, 2.05) is 0 Å². The summed E-state index contributed by atoms with van der Waals surface area (Å²) in [5.41, 5.74) is 58.4. The molecule has 0 heterocycles. The second kappa shape index (κ2) is 43.3. The predicted octanol–water partition coefficient (Wildman–Crippen LogP) is 42.7. The minimum absolute atomic E-state index is 0.277. The number of hydrogen-bond acceptors (Lipinski definition) is 0. The van der Waals surface area contributed by atoms with E-state index in [0.717, 1.165) is 0 Å². The quantitative estimate of drug-likeness (QED) is 0.0380. The third-order valence-corrected chi connectivity index (χ3v) is 30.8. The van der Waals surface area contributed by atoms with Crippen molar-refractivity contribution in [3.8, 4) is 156 Å². The van der Waals surface area contributed by atoms with Gasteiger partial charge in [0, 0.05) is 0 Å². The molecule has 0 saturated carbocycles. The molecule has 0 unspecified atom stereocenters. The number of benzene rings is 15. The van der Waals surface area contributed by atoms with Crippen molar-refractivity contribution in [3.63, 3.8) is 0 Å². The van der Waals surface area contributed by atoms with Crippen LogP contribution in [-0.2, 0) is 5.32 Å².